The van der Waals surface area contributed by atoms with Crippen LogP contribution in [0.2, 0.25) is 0 Å². The molecule has 0 spiro atoms. The van der Waals surface area contributed by atoms with Crippen LogP contribution in [0.4, 0.5) is 0 Å². The molecule has 0 aliphatic rings. The molecule has 3 N–H and O–H groups in total. The molecule has 8 heteroatoms. The summed E-state index contributed by atoms with van der Waals surface area (Å²) in [4.78, 5) is 11.0. The molecule has 0 amide bonds. The third kappa shape index (κ3) is 4.37. The number of aliphatic hydroxyl groups excluding tert-OH is 1. The zero-order valence-electron chi connectivity index (χ0n) is 9.79. The van der Waals surface area contributed by atoms with Gasteiger partial charge in [-0.25, -0.2) is 13.1 Å². The second-order valence-corrected chi connectivity index (χ2v) is 6.87. The third-order valence-corrected chi connectivity index (χ3v) is 5.21. The van der Waals surface area contributed by atoms with Crippen LogP contribution in [-0.4, -0.2) is 37.2 Å². The molecule has 1 unspecified atom stereocenters. The van der Waals surface area contributed by atoms with E-state index in [1.54, 1.807) is 6.92 Å². The summed E-state index contributed by atoms with van der Waals surface area (Å²) in [5.74, 6) is -1.00. The van der Waals surface area contributed by atoms with Gasteiger partial charge < -0.3 is 10.2 Å². The minimum Gasteiger partial charge on any atom is -0.481 e. The van der Waals surface area contributed by atoms with Crippen molar-refractivity contribution in [2.75, 3.05) is 6.54 Å². The van der Waals surface area contributed by atoms with E-state index < -0.39 is 22.1 Å². The van der Waals surface area contributed by atoms with Gasteiger partial charge in [-0.2, -0.15) is 0 Å². The van der Waals surface area contributed by atoms with Gasteiger partial charge in [0, 0.05) is 11.4 Å². The molecule has 102 valence electrons. The second-order valence-electron chi connectivity index (χ2n) is 3.71. The van der Waals surface area contributed by atoms with E-state index in [1.165, 1.54) is 12.1 Å². The number of carboxylic acids is 1. The van der Waals surface area contributed by atoms with Gasteiger partial charge in [0.15, 0.2) is 0 Å². The molecule has 1 aromatic heterocycles. The Morgan fingerprint density at radius 2 is 2.17 bits per heavy atom. The Hall–Kier alpha value is -0.960. The van der Waals surface area contributed by atoms with Crippen LogP contribution in [0.15, 0.2) is 16.3 Å². The number of aliphatic carboxylic acids is 1. The fourth-order valence-corrected chi connectivity index (χ4v) is 3.63. The lowest BCUT2D eigenvalue weighted by molar-refractivity contribution is -0.136. The Bertz CT molecular complexity index is 508. The molecule has 0 aromatic carbocycles. The fourth-order valence-electron chi connectivity index (χ4n) is 1.17. The zero-order chi connectivity index (χ0) is 13.8. The van der Waals surface area contributed by atoms with Gasteiger partial charge >= 0.3 is 5.97 Å². The first-order chi connectivity index (χ1) is 8.35. The van der Waals surface area contributed by atoms with Crippen LogP contribution in [0.25, 0.3) is 0 Å². The summed E-state index contributed by atoms with van der Waals surface area (Å²) in [6.45, 7) is 1.69. The lowest BCUT2D eigenvalue weighted by atomic mass is 10.3. The number of hydrogen-bond donors (Lipinski definition) is 3. The summed E-state index contributed by atoms with van der Waals surface area (Å²) in [6, 6.07) is 2.84. The van der Waals surface area contributed by atoms with Crippen molar-refractivity contribution in [2.24, 2.45) is 0 Å². The topological polar surface area (TPSA) is 104 Å². The lowest BCUT2D eigenvalue weighted by Gasteiger charge is -2.08. The molecule has 0 fully saturated rings. The van der Waals surface area contributed by atoms with Crippen molar-refractivity contribution in [3.8, 4) is 0 Å². The van der Waals surface area contributed by atoms with Gasteiger partial charge in [0.2, 0.25) is 10.0 Å². The third-order valence-electron chi connectivity index (χ3n) is 2.21. The zero-order valence-corrected chi connectivity index (χ0v) is 11.4. The van der Waals surface area contributed by atoms with E-state index in [-0.39, 0.29) is 17.2 Å². The molecular weight excluding hydrogens is 278 g/mol. The second kappa shape index (κ2) is 6.28. The van der Waals surface area contributed by atoms with Crippen molar-refractivity contribution in [3.63, 3.8) is 0 Å². The molecular formula is C10H15NO5S2. The minimum absolute atomic E-state index is 0.0506. The van der Waals surface area contributed by atoms with Crippen molar-refractivity contribution in [3.05, 3.63) is 17.0 Å². The van der Waals surface area contributed by atoms with Crippen molar-refractivity contribution >= 4 is 27.3 Å². The number of carbonyl (C=O) groups is 1. The van der Waals surface area contributed by atoms with Crippen LogP contribution >= 0.6 is 11.3 Å². The Kier molecular flexibility index (Phi) is 5.27. The predicted molar refractivity (Wildman–Crippen MR) is 67.1 cm³/mol. The molecule has 0 bridgehead atoms. The summed E-state index contributed by atoms with van der Waals surface area (Å²) < 4.78 is 25.9. The maximum absolute atomic E-state index is 11.8. The molecule has 0 radical (unpaired) electrons. The normalized spacial score (nSPS) is 13.4. The van der Waals surface area contributed by atoms with E-state index >= 15 is 0 Å². The largest absolute Gasteiger partial charge is 0.481 e. The van der Waals surface area contributed by atoms with Crippen molar-refractivity contribution in [1.82, 2.24) is 4.72 Å². The average Bonchev–Trinajstić information content (AvgIpc) is 2.74. The first-order valence-electron chi connectivity index (χ1n) is 5.33. The Labute approximate surface area is 109 Å². The summed E-state index contributed by atoms with van der Waals surface area (Å²) in [5, 5.41) is 17.9. The van der Waals surface area contributed by atoms with Crippen molar-refractivity contribution < 1.29 is 23.4 Å². The van der Waals surface area contributed by atoms with Crippen LogP contribution in [-0.2, 0) is 21.2 Å². The molecule has 1 heterocycles. The quantitative estimate of drug-likeness (QED) is 0.676. The van der Waals surface area contributed by atoms with Crippen LogP contribution in [0.3, 0.4) is 0 Å². The van der Waals surface area contributed by atoms with Gasteiger partial charge in [0.1, 0.15) is 4.21 Å². The van der Waals surface area contributed by atoms with Gasteiger partial charge in [-0.15, -0.1) is 11.3 Å². The summed E-state index contributed by atoms with van der Waals surface area (Å²) in [6.07, 6.45) is -0.465. The molecule has 1 atom stereocenters. The molecule has 1 aromatic rings. The molecule has 6 nitrogen and oxygen atoms in total. The molecule has 0 saturated carbocycles. The van der Waals surface area contributed by atoms with Crippen LogP contribution < -0.4 is 4.72 Å². The van der Waals surface area contributed by atoms with Crippen LogP contribution in [0.1, 0.15) is 18.2 Å². The first-order valence-corrected chi connectivity index (χ1v) is 7.63. The van der Waals surface area contributed by atoms with E-state index in [4.69, 9.17) is 5.11 Å². The van der Waals surface area contributed by atoms with Crippen LogP contribution in [0, 0.1) is 0 Å². The SMILES string of the molecule is CCC(O)CNS(=O)(=O)c1ccc(CC(=O)O)s1. The number of sulfonamides is 1. The molecule has 0 aliphatic carbocycles. The number of rotatable bonds is 7. The van der Waals surface area contributed by atoms with Gasteiger partial charge in [0.05, 0.1) is 12.5 Å². The molecule has 1 rings (SSSR count). The maximum Gasteiger partial charge on any atom is 0.308 e. The minimum atomic E-state index is -3.66. The summed E-state index contributed by atoms with van der Waals surface area (Å²) >= 11 is 0.914. The smallest absolute Gasteiger partial charge is 0.308 e. The summed E-state index contributed by atoms with van der Waals surface area (Å²) in [5.41, 5.74) is 0. The Morgan fingerprint density at radius 1 is 1.50 bits per heavy atom. The van der Waals surface area contributed by atoms with Crippen molar-refractivity contribution in [2.45, 2.75) is 30.1 Å². The fraction of sp³-hybridized carbons (Fsp3) is 0.500. The van der Waals surface area contributed by atoms with E-state index in [0.717, 1.165) is 11.3 Å². The number of nitrogens with one attached hydrogen (secondary N) is 1. The maximum atomic E-state index is 11.8. The summed E-state index contributed by atoms with van der Waals surface area (Å²) in [7, 11) is -3.66. The number of hydrogen-bond acceptors (Lipinski definition) is 5. The van der Waals surface area contributed by atoms with E-state index in [0.29, 0.717) is 11.3 Å². The average molecular weight is 293 g/mol. The lowest BCUT2D eigenvalue weighted by Crippen LogP contribution is -2.31. The van der Waals surface area contributed by atoms with Gasteiger partial charge in [-0.3, -0.25) is 4.79 Å². The van der Waals surface area contributed by atoms with E-state index in [9.17, 15) is 18.3 Å². The number of aliphatic hydroxyl groups is 1. The first kappa shape index (κ1) is 15.1. The molecule has 0 aliphatic heterocycles. The highest BCUT2D eigenvalue weighted by molar-refractivity contribution is 7.91. The highest BCUT2D eigenvalue weighted by Crippen LogP contribution is 2.21. The number of carboxylic acid groups (broad SMARTS) is 1. The molecule has 18 heavy (non-hydrogen) atoms. The van der Waals surface area contributed by atoms with Crippen LogP contribution in [0.5, 0.6) is 0 Å². The van der Waals surface area contributed by atoms with E-state index in [1.807, 2.05) is 0 Å². The van der Waals surface area contributed by atoms with Gasteiger partial charge in [-0.1, -0.05) is 6.92 Å². The standard InChI is InChI=1S/C10H15NO5S2/c1-2-7(12)6-11-18(15,16)10-4-3-8(17-10)5-9(13)14/h3-4,7,11-12H,2,5-6H2,1H3,(H,13,14). The highest BCUT2D eigenvalue weighted by atomic mass is 32.2. The predicted octanol–water partition coefficient (Wildman–Crippen LogP) is 0.424. The Balaban J connectivity index is 2.73. The molecule has 0 saturated heterocycles. The Morgan fingerprint density at radius 3 is 2.72 bits per heavy atom. The van der Waals surface area contributed by atoms with Gasteiger partial charge in [-0.05, 0) is 18.6 Å². The van der Waals surface area contributed by atoms with Gasteiger partial charge in [0.25, 0.3) is 0 Å². The van der Waals surface area contributed by atoms with Crippen molar-refractivity contribution in [1.29, 1.82) is 0 Å². The number of thiophene rings is 1. The monoisotopic (exact) mass is 293 g/mol. The van der Waals surface area contributed by atoms with E-state index in [2.05, 4.69) is 4.72 Å². The highest BCUT2D eigenvalue weighted by Gasteiger charge is 2.18.